The zero-order valence-electron chi connectivity index (χ0n) is 15.3. The van der Waals surface area contributed by atoms with Gasteiger partial charge in [0.2, 0.25) is 0 Å². The van der Waals surface area contributed by atoms with Crippen LogP contribution in [0.15, 0.2) is 48.8 Å². The number of hydrogen-bond acceptors (Lipinski definition) is 5. The second-order valence-electron chi connectivity index (χ2n) is 6.89. The van der Waals surface area contributed by atoms with Gasteiger partial charge in [0, 0.05) is 31.0 Å². The lowest BCUT2D eigenvalue weighted by molar-refractivity contribution is 0.244. The maximum atomic E-state index is 4.86. The Labute approximate surface area is 153 Å². The van der Waals surface area contributed by atoms with E-state index in [1.807, 2.05) is 49.1 Å². The predicted octanol–water partition coefficient (Wildman–Crippen LogP) is 3.60. The topological polar surface area (TPSA) is 58.9 Å². The molecule has 0 amide bonds. The molecule has 1 aliphatic heterocycles. The second kappa shape index (κ2) is 7.25. The van der Waals surface area contributed by atoms with Crippen molar-refractivity contribution in [2.45, 2.75) is 32.4 Å². The number of aromatic nitrogens is 4. The number of hydrogen-bond donors (Lipinski definition) is 1. The Kier molecular flexibility index (Phi) is 4.67. The van der Waals surface area contributed by atoms with Gasteiger partial charge in [-0.05, 0) is 50.6 Å². The SMILES string of the molecule is Cc1cccc(Nc2cccc(C3CCCN3Cc3cnn(C)c3)n2)n1. The molecule has 0 aromatic carbocycles. The Bertz CT molecular complexity index is 887. The average Bonchev–Trinajstić information content (AvgIpc) is 3.24. The van der Waals surface area contributed by atoms with E-state index in [4.69, 9.17) is 4.98 Å². The van der Waals surface area contributed by atoms with Gasteiger partial charge in [0.15, 0.2) is 0 Å². The van der Waals surface area contributed by atoms with Gasteiger partial charge >= 0.3 is 0 Å². The minimum absolute atomic E-state index is 0.349. The first-order valence-electron chi connectivity index (χ1n) is 9.06. The predicted molar refractivity (Wildman–Crippen MR) is 102 cm³/mol. The summed E-state index contributed by atoms with van der Waals surface area (Å²) in [5, 5.41) is 7.60. The second-order valence-corrected chi connectivity index (χ2v) is 6.89. The van der Waals surface area contributed by atoms with Crippen LogP contribution in [0.2, 0.25) is 0 Å². The summed E-state index contributed by atoms with van der Waals surface area (Å²) in [5.74, 6) is 1.67. The van der Waals surface area contributed by atoms with Crippen LogP contribution in [-0.2, 0) is 13.6 Å². The highest BCUT2D eigenvalue weighted by Crippen LogP contribution is 2.32. The van der Waals surface area contributed by atoms with E-state index in [0.29, 0.717) is 6.04 Å². The molecule has 3 aromatic heterocycles. The molecule has 26 heavy (non-hydrogen) atoms. The number of rotatable bonds is 5. The molecule has 1 N–H and O–H groups in total. The Morgan fingerprint density at radius 1 is 1.12 bits per heavy atom. The largest absolute Gasteiger partial charge is 0.325 e. The summed E-state index contributed by atoms with van der Waals surface area (Å²) in [5.41, 5.74) is 3.35. The summed E-state index contributed by atoms with van der Waals surface area (Å²) in [6.45, 7) is 4.00. The molecule has 1 aliphatic rings. The fourth-order valence-corrected chi connectivity index (χ4v) is 3.59. The lowest BCUT2D eigenvalue weighted by Crippen LogP contribution is -2.23. The Hall–Kier alpha value is -2.73. The van der Waals surface area contributed by atoms with Crippen LogP contribution in [-0.4, -0.2) is 31.2 Å². The molecule has 1 fully saturated rings. The Morgan fingerprint density at radius 2 is 1.92 bits per heavy atom. The standard InChI is InChI=1S/C20H24N6/c1-15-6-3-9-19(22-15)24-20-10-4-7-17(23-20)18-8-5-11-26(18)14-16-12-21-25(2)13-16/h3-4,6-7,9-10,12-13,18H,5,8,11,14H2,1-2H3,(H,22,23,24). The van der Waals surface area contributed by atoms with Crippen molar-refractivity contribution < 1.29 is 0 Å². The molecule has 0 bridgehead atoms. The van der Waals surface area contributed by atoms with E-state index >= 15 is 0 Å². The van der Waals surface area contributed by atoms with Crippen LogP contribution in [0.25, 0.3) is 0 Å². The highest BCUT2D eigenvalue weighted by atomic mass is 15.3. The van der Waals surface area contributed by atoms with E-state index in [2.05, 4.69) is 38.6 Å². The van der Waals surface area contributed by atoms with Crippen LogP contribution in [0.1, 0.15) is 35.8 Å². The number of nitrogens with zero attached hydrogens (tertiary/aromatic N) is 5. The van der Waals surface area contributed by atoms with E-state index in [-0.39, 0.29) is 0 Å². The van der Waals surface area contributed by atoms with Crippen LogP contribution in [0, 0.1) is 6.92 Å². The quantitative estimate of drug-likeness (QED) is 0.763. The highest BCUT2D eigenvalue weighted by Gasteiger charge is 2.27. The van der Waals surface area contributed by atoms with Gasteiger partial charge < -0.3 is 5.32 Å². The molecule has 1 unspecified atom stereocenters. The van der Waals surface area contributed by atoms with Crippen molar-refractivity contribution >= 4 is 11.6 Å². The molecule has 0 spiro atoms. The molecule has 3 aromatic rings. The van der Waals surface area contributed by atoms with Crippen LogP contribution in [0.5, 0.6) is 0 Å². The fraction of sp³-hybridized carbons (Fsp3) is 0.350. The molecule has 4 rings (SSSR count). The zero-order chi connectivity index (χ0) is 17.9. The molecular weight excluding hydrogens is 324 g/mol. The van der Waals surface area contributed by atoms with E-state index in [9.17, 15) is 0 Å². The maximum absolute atomic E-state index is 4.86. The van der Waals surface area contributed by atoms with E-state index in [0.717, 1.165) is 42.5 Å². The number of likely N-dealkylation sites (tertiary alicyclic amines) is 1. The maximum Gasteiger partial charge on any atom is 0.131 e. The number of anilines is 2. The van der Waals surface area contributed by atoms with Gasteiger partial charge in [-0.1, -0.05) is 12.1 Å². The number of pyridine rings is 2. The third kappa shape index (κ3) is 3.75. The Morgan fingerprint density at radius 3 is 2.69 bits per heavy atom. The summed E-state index contributed by atoms with van der Waals surface area (Å²) in [4.78, 5) is 11.9. The summed E-state index contributed by atoms with van der Waals surface area (Å²) >= 11 is 0. The first-order chi connectivity index (χ1) is 12.7. The zero-order valence-corrected chi connectivity index (χ0v) is 15.3. The molecule has 6 nitrogen and oxygen atoms in total. The molecule has 1 atom stereocenters. The van der Waals surface area contributed by atoms with Crippen molar-refractivity contribution in [3.63, 3.8) is 0 Å². The van der Waals surface area contributed by atoms with E-state index in [1.54, 1.807) is 0 Å². The Balaban J connectivity index is 1.51. The van der Waals surface area contributed by atoms with Gasteiger partial charge in [0.1, 0.15) is 11.6 Å². The first-order valence-corrected chi connectivity index (χ1v) is 9.06. The lowest BCUT2D eigenvalue weighted by atomic mass is 10.1. The molecule has 0 aliphatic carbocycles. The molecule has 0 radical (unpaired) electrons. The molecule has 134 valence electrons. The summed E-state index contributed by atoms with van der Waals surface area (Å²) in [6, 6.07) is 12.5. The monoisotopic (exact) mass is 348 g/mol. The van der Waals surface area contributed by atoms with E-state index in [1.165, 1.54) is 12.0 Å². The smallest absolute Gasteiger partial charge is 0.131 e. The van der Waals surface area contributed by atoms with Gasteiger partial charge in [-0.25, -0.2) is 9.97 Å². The van der Waals surface area contributed by atoms with Crippen LogP contribution in [0.4, 0.5) is 11.6 Å². The molecule has 0 saturated carbocycles. The first kappa shape index (κ1) is 16.7. The minimum Gasteiger partial charge on any atom is -0.325 e. The van der Waals surface area contributed by atoms with Gasteiger partial charge in [0.25, 0.3) is 0 Å². The molecular formula is C20H24N6. The van der Waals surface area contributed by atoms with Crippen LogP contribution >= 0.6 is 0 Å². The van der Waals surface area contributed by atoms with Crippen molar-refractivity contribution in [3.8, 4) is 0 Å². The van der Waals surface area contributed by atoms with Crippen molar-refractivity contribution in [1.29, 1.82) is 0 Å². The van der Waals surface area contributed by atoms with Crippen molar-refractivity contribution in [2.24, 2.45) is 7.05 Å². The van der Waals surface area contributed by atoms with Crippen molar-refractivity contribution in [1.82, 2.24) is 24.6 Å². The van der Waals surface area contributed by atoms with E-state index < -0.39 is 0 Å². The molecule has 4 heterocycles. The van der Waals surface area contributed by atoms with Crippen LogP contribution in [0.3, 0.4) is 0 Å². The number of aryl methyl sites for hydroxylation is 2. The minimum atomic E-state index is 0.349. The summed E-state index contributed by atoms with van der Waals surface area (Å²) in [7, 11) is 1.96. The van der Waals surface area contributed by atoms with Gasteiger partial charge in [0.05, 0.1) is 17.9 Å². The van der Waals surface area contributed by atoms with Crippen molar-refractivity contribution in [2.75, 3.05) is 11.9 Å². The van der Waals surface area contributed by atoms with Gasteiger partial charge in [-0.2, -0.15) is 5.10 Å². The third-order valence-electron chi connectivity index (χ3n) is 4.76. The highest BCUT2D eigenvalue weighted by molar-refractivity contribution is 5.51. The molecule has 1 saturated heterocycles. The van der Waals surface area contributed by atoms with Gasteiger partial charge in [-0.3, -0.25) is 9.58 Å². The summed E-state index contributed by atoms with van der Waals surface area (Å²) in [6.07, 6.45) is 6.37. The average molecular weight is 348 g/mol. The van der Waals surface area contributed by atoms with Gasteiger partial charge in [-0.15, -0.1) is 0 Å². The van der Waals surface area contributed by atoms with Crippen molar-refractivity contribution in [3.05, 3.63) is 65.7 Å². The van der Waals surface area contributed by atoms with Crippen LogP contribution < -0.4 is 5.32 Å². The lowest BCUT2D eigenvalue weighted by Gasteiger charge is -2.23. The normalized spacial score (nSPS) is 17.5. The fourth-order valence-electron chi connectivity index (χ4n) is 3.59. The molecule has 6 heteroatoms. The third-order valence-corrected chi connectivity index (χ3v) is 4.76. The summed E-state index contributed by atoms with van der Waals surface area (Å²) < 4.78 is 1.86. The number of nitrogens with one attached hydrogen (secondary N) is 1.